The van der Waals surface area contributed by atoms with Crippen LogP contribution in [0.5, 0.6) is 0 Å². The molecule has 9 nitrogen and oxygen atoms in total. The van der Waals surface area contributed by atoms with E-state index in [-0.39, 0.29) is 30.9 Å². The van der Waals surface area contributed by atoms with Gasteiger partial charge in [0, 0.05) is 12.8 Å². The first-order valence-corrected chi connectivity index (χ1v) is 15.5. The van der Waals surface area contributed by atoms with Crippen molar-refractivity contribution in [1.29, 1.82) is 0 Å². The zero-order valence-electron chi connectivity index (χ0n) is 25.7. The van der Waals surface area contributed by atoms with Crippen LogP contribution in [0.4, 0.5) is 0 Å². The molecule has 2 unspecified atom stereocenters. The van der Waals surface area contributed by atoms with Gasteiger partial charge in [0.25, 0.3) is 0 Å². The Morgan fingerprint density at radius 2 is 1.36 bits per heavy atom. The second-order valence-corrected chi connectivity index (χ2v) is 10.2. The van der Waals surface area contributed by atoms with Gasteiger partial charge in [0.2, 0.25) is 11.8 Å². The van der Waals surface area contributed by atoms with Crippen LogP contribution in [0.1, 0.15) is 110 Å². The number of aliphatic hydroxyl groups excluding tert-OH is 1. The van der Waals surface area contributed by atoms with Gasteiger partial charge in [-0.2, -0.15) is 0 Å². The molecule has 0 saturated heterocycles. The number of carbonyl (C=O) groups is 4. The fourth-order valence-electron chi connectivity index (χ4n) is 3.99. The first kappa shape index (κ1) is 38.8. The number of aliphatic hydroxyl groups is 1. The van der Waals surface area contributed by atoms with Crippen LogP contribution in [0.3, 0.4) is 0 Å². The number of carboxylic acids is 1. The summed E-state index contributed by atoms with van der Waals surface area (Å²) in [5.41, 5.74) is 0. The number of unbranched alkanes of at least 4 members (excludes halogenated alkanes) is 4. The third-order valence-corrected chi connectivity index (χ3v) is 6.32. The summed E-state index contributed by atoms with van der Waals surface area (Å²) < 4.78 is 5.70. The average molecular weight is 591 g/mol. The van der Waals surface area contributed by atoms with Crippen molar-refractivity contribution in [2.45, 2.75) is 122 Å². The Morgan fingerprint density at radius 3 is 1.95 bits per heavy atom. The predicted molar refractivity (Wildman–Crippen MR) is 167 cm³/mol. The van der Waals surface area contributed by atoms with Gasteiger partial charge < -0.3 is 25.6 Å². The Bertz CT molecular complexity index is 864. The summed E-state index contributed by atoms with van der Waals surface area (Å²) in [5.74, 6) is -2.48. The highest BCUT2D eigenvalue weighted by Crippen LogP contribution is 2.15. The molecule has 0 heterocycles. The van der Waals surface area contributed by atoms with E-state index in [1.165, 1.54) is 0 Å². The molecule has 0 aliphatic heterocycles. The Kier molecular flexibility index (Phi) is 25.8. The Morgan fingerprint density at radius 1 is 0.738 bits per heavy atom. The van der Waals surface area contributed by atoms with Gasteiger partial charge in [0.05, 0.1) is 13.2 Å². The molecule has 0 aliphatic rings. The second-order valence-electron chi connectivity index (χ2n) is 10.2. The molecule has 42 heavy (non-hydrogen) atoms. The highest BCUT2D eigenvalue weighted by molar-refractivity contribution is 5.87. The predicted octanol–water partition coefficient (Wildman–Crippen LogP) is 5.69. The van der Waals surface area contributed by atoms with Gasteiger partial charge in [0.15, 0.2) is 0 Å². The third kappa shape index (κ3) is 24.6. The number of ether oxygens (including phenoxy) is 1. The molecule has 0 spiro atoms. The molecule has 0 aliphatic carbocycles. The van der Waals surface area contributed by atoms with E-state index >= 15 is 0 Å². The quantitative estimate of drug-likeness (QED) is 0.0576. The second kappa shape index (κ2) is 27.9. The van der Waals surface area contributed by atoms with E-state index in [1.54, 1.807) is 0 Å². The Balaban J connectivity index is 3.95. The minimum absolute atomic E-state index is 0.108. The zero-order valence-corrected chi connectivity index (χ0v) is 25.7. The highest BCUT2D eigenvalue weighted by Gasteiger charge is 2.19. The molecule has 0 aromatic heterocycles. The minimum atomic E-state index is -1.39. The van der Waals surface area contributed by atoms with Crippen LogP contribution in [0.15, 0.2) is 48.6 Å². The summed E-state index contributed by atoms with van der Waals surface area (Å²) >= 11 is 0. The van der Waals surface area contributed by atoms with Crippen LogP contribution in [0.25, 0.3) is 0 Å². The number of allylic oxidation sites excluding steroid dienone is 8. The van der Waals surface area contributed by atoms with Crippen LogP contribution < -0.4 is 10.6 Å². The van der Waals surface area contributed by atoms with E-state index in [4.69, 9.17) is 14.9 Å². The number of nitrogens with one attached hydrogen (secondary N) is 2. The van der Waals surface area contributed by atoms with Gasteiger partial charge in [-0.3, -0.25) is 14.4 Å². The van der Waals surface area contributed by atoms with Crippen molar-refractivity contribution in [3.8, 4) is 0 Å². The smallest absolute Gasteiger partial charge is 0.328 e. The summed E-state index contributed by atoms with van der Waals surface area (Å²) in [6.07, 6.45) is 29.4. The lowest BCUT2D eigenvalue weighted by Crippen LogP contribution is -2.47. The van der Waals surface area contributed by atoms with Crippen molar-refractivity contribution in [2.75, 3.05) is 13.2 Å². The van der Waals surface area contributed by atoms with Gasteiger partial charge in [0.1, 0.15) is 12.1 Å². The van der Waals surface area contributed by atoms with E-state index in [0.29, 0.717) is 12.8 Å². The largest absolute Gasteiger partial charge is 0.480 e. The summed E-state index contributed by atoms with van der Waals surface area (Å²) in [6.45, 7) is 3.12. The van der Waals surface area contributed by atoms with Crippen molar-refractivity contribution >= 4 is 23.8 Å². The number of carboxylic acid groups (broad SMARTS) is 1. The summed E-state index contributed by atoms with van der Waals surface area (Å²) in [4.78, 5) is 46.7. The topological polar surface area (TPSA) is 142 Å². The Hall–Kier alpha value is -3.20. The van der Waals surface area contributed by atoms with Crippen molar-refractivity contribution in [2.24, 2.45) is 0 Å². The maximum absolute atomic E-state index is 12.3. The van der Waals surface area contributed by atoms with Crippen LogP contribution in [0.2, 0.25) is 0 Å². The maximum atomic E-state index is 12.3. The van der Waals surface area contributed by atoms with E-state index < -0.39 is 24.5 Å². The van der Waals surface area contributed by atoms with Crippen molar-refractivity contribution < 1.29 is 34.1 Å². The van der Waals surface area contributed by atoms with Gasteiger partial charge in [-0.1, -0.05) is 75.3 Å². The highest BCUT2D eigenvalue weighted by atomic mass is 16.5. The molecule has 0 aromatic rings. The molecule has 0 bridgehead atoms. The van der Waals surface area contributed by atoms with Crippen molar-refractivity contribution in [3.05, 3.63) is 48.6 Å². The molecule has 2 amide bonds. The lowest BCUT2D eigenvalue weighted by Gasteiger charge is -2.17. The molecule has 238 valence electrons. The van der Waals surface area contributed by atoms with Crippen LogP contribution in [-0.4, -0.2) is 59.3 Å². The normalized spacial score (nSPS) is 13.2. The molecule has 0 radical (unpaired) electrons. The van der Waals surface area contributed by atoms with Crippen molar-refractivity contribution in [3.63, 3.8) is 0 Å². The number of amides is 2. The van der Waals surface area contributed by atoms with Crippen LogP contribution in [0, 0.1) is 0 Å². The lowest BCUT2D eigenvalue weighted by atomic mass is 10.1. The maximum Gasteiger partial charge on any atom is 0.328 e. The van der Waals surface area contributed by atoms with E-state index in [0.717, 1.165) is 77.0 Å². The number of hydrogen-bond acceptors (Lipinski definition) is 6. The first-order valence-electron chi connectivity index (χ1n) is 15.5. The van der Waals surface area contributed by atoms with Gasteiger partial charge in [-0.25, -0.2) is 4.79 Å². The minimum Gasteiger partial charge on any atom is -0.480 e. The van der Waals surface area contributed by atoms with Crippen LogP contribution in [-0.2, 0) is 23.9 Å². The number of hydrogen-bond donors (Lipinski definition) is 4. The van der Waals surface area contributed by atoms with E-state index in [1.807, 2.05) is 0 Å². The van der Waals surface area contributed by atoms with Crippen LogP contribution >= 0.6 is 0 Å². The summed E-state index contributed by atoms with van der Waals surface area (Å²) in [5, 5.41) is 22.3. The number of esters is 1. The molecule has 0 saturated carbocycles. The molecule has 4 N–H and O–H groups in total. The molecular weight excluding hydrogens is 536 g/mol. The average Bonchev–Trinajstić information content (AvgIpc) is 2.96. The molecular formula is C33H54N2O7. The monoisotopic (exact) mass is 590 g/mol. The fourth-order valence-corrected chi connectivity index (χ4v) is 3.99. The molecule has 0 fully saturated rings. The first-order chi connectivity index (χ1) is 20.3. The standard InChI is InChI=1S/C33H54N2O7/c1-3-5-6-7-8-9-10-11-12-13-14-15-16-17-21-25-32(39)42-28(22-4-2)23-19-18-20-24-30(37)34-26-31(38)35-29(27-36)33(40)41/h5-6,8-9,11-12,14-15,28-29,36H,3-4,7,10,13,16-27H2,1-2H3,(H,34,37)(H,35,38)(H,40,41)/b6-5-,9-8-,12-11-,15-14-. The summed E-state index contributed by atoms with van der Waals surface area (Å²) in [7, 11) is 0. The van der Waals surface area contributed by atoms with E-state index in [2.05, 4.69) is 73.1 Å². The summed E-state index contributed by atoms with van der Waals surface area (Å²) in [6, 6.07) is -1.39. The van der Waals surface area contributed by atoms with Gasteiger partial charge in [-0.05, 0) is 70.6 Å². The SMILES string of the molecule is CC/C=C\C/C=C\C/C=C\C/C=C\CCCCC(=O)OC(CCC)CCCCCC(=O)NCC(=O)NC(CO)C(=O)O. The zero-order chi connectivity index (χ0) is 31.3. The molecule has 9 heteroatoms. The third-order valence-electron chi connectivity index (χ3n) is 6.32. The van der Waals surface area contributed by atoms with Gasteiger partial charge in [-0.15, -0.1) is 0 Å². The van der Waals surface area contributed by atoms with E-state index in [9.17, 15) is 19.2 Å². The molecule has 2 atom stereocenters. The number of rotatable bonds is 26. The lowest BCUT2D eigenvalue weighted by molar-refractivity contribution is -0.150. The van der Waals surface area contributed by atoms with Gasteiger partial charge >= 0.3 is 11.9 Å². The fraction of sp³-hybridized carbons (Fsp3) is 0.636. The molecule has 0 aromatic carbocycles. The number of aliphatic carboxylic acids is 1. The Labute approximate surface area is 252 Å². The number of carbonyl (C=O) groups excluding carboxylic acids is 3. The van der Waals surface area contributed by atoms with Crippen molar-refractivity contribution in [1.82, 2.24) is 10.6 Å². The molecule has 0 rings (SSSR count).